The maximum atomic E-state index is 13.1. The SMILES string of the molecule is COc1cc(OC)cc(-c2nn(-c3c(Cl)cccc3Cl)c(=O)c3c2CCC3)c1. The highest BCUT2D eigenvalue weighted by Crippen LogP contribution is 2.35. The zero-order valence-electron chi connectivity index (χ0n) is 15.5. The van der Waals surface area contributed by atoms with Gasteiger partial charge in [-0.25, -0.2) is 0 Å². The van der Waals surface area contributed by atoms with E-state index in [1.807, 2.05) is 12.1 Å². The molecule has 0 atom stereocenters. The lowest BCUT2D eigenvalue weighted by atomic mass is 10.0. The molecule has 0 amide bonds. The molecule has 1 aliphatic rings. The molecule has 5 nitrogen and oxygen atoms in total. The van der Waals surface area contributed by atoms with Crippen LogP contribution in [0.5, 0.6) is 11.5 Å². The van der Waals surface area contributed by atoms with Gasteiger partial charge in [0.25, 0.3) is 5.56 Å². The lowest BCUT2D eigenvalue weighted by molar-refractivity contribution is 0.394. The van der Waals surface area contributed by atoms with E-state index in [2.05, 4.69) is 5.10 Å². The minimum Gasteiger partial charge on any atom is -0.497 e. The fourth-order valence-corrected chi connectivity index (χ4v) is 4.15. The Morgan fingerprint density at radius 1 is 0.964 bits per heavy atom. The second-order valence-electron chi connectivity index (χ2n) is 6.55. The van der Waals surface area contributed by atoms with Crippen LogP contribution >= 0.6 is 23.2 Å². The highest BCUT2D eigenvalue weighted by atomic mass is 35.5. The summed E-state index contributed by atoms with van der Waals surface area (Å²) in [5.41, 5.74) is 3.44. The molecule has 0 spiro atoms. The van der Waals surface area contributed by atoms with Crippen LogP contribution in [-0.2, 0) is 12.8 Å². The third kappa shape index (κ3) is 3.15. The largest absolute Gasteiger partial charge is 0.497 e. The molecule has 1 heterocycles. The number of fused-ring (bicyclic) bond motifs is 1. The van der Waals surface area contributed by atoms with Crippen LogP contribution in [0.2, 0.25) is 10.0 Å². The van der Waals surface area contributed by atoms with Crippen LogP contribution < -0.4 is 15.0 Å². The number of rotatable bonds is 4. The summed E-state index contributed by atoms with van der Waals surface area (Å²) in [6.07, 6.45) is 2.40. The maximum absolute atomic E-state index is 13.1. The number of methoxy groups -OCH3 is 2. The molecular weight excluding hydrogens is 399 g/mol. The lowest BCUT2D eigenvalue weighted by Crippen LogP contribution is -2.26. The summed E-state index contributed by atoms with van der Waals surface area (Å²) in [7, 11) is 3.20. The van der Waals surface area contributed by atoms with Gasteiger partial charge < -0.3 is 9.47 Å². The minimum atomic E-state index is -0.180. The van der Waals surface area contributed by atoms with Crippen molar-refractivity contribution in [3.63, 3.8) is 0 Å². The van der Waals surface area contributed by atoms with E-state index in [4.69, 9.17) is 32.7 Å². The Morgan fingerprint density at radius 2 is 1.57 bits per heavy atom. The van der Waals surface area contributed by atoms with Crippen molar-refractivity contribution in [2.24, 2.45) is 0 Å². The molecule has 0 bridgehead atoms. The van der Waals surface area contributed by atoms with Crippen molar-refractivity contribution in [2.75, 3.05) is 14.2 Å². The quantitative estimate of drug-likeness (QED) is 0.617. The van der Waals surface area contributed by atoms with Crippen molar-refractivity contribution in [1.82, 2.24) is 9.78 Å². The number of para-hydroxylation sites is 1. The van der Waals surface area contributed by atoms with Crippen molar-refractivity contribution < 1.29 is 9.47 Å². The van der Waals surface area contributed by atoms with E-state index in [-0.39, 0.29) is 5.56 Å². The molecule has 0 radical (unpaired) electrons. The van der Waals surface area contributed by atoms with Gasteiger partial charge in [-0.2, -0.15) is 9.78 Å². The third-order valence-corrected chi connectivity index (χ3v) is 5.54. The topological polar surface area (TPSA) is 53.4 Å². The minimum absolute atomic E-state index is 0.180. The van der Waals surface area contributed by atoms with E-state index in [1.54, 1.807) is 38.5 Å². The van der Waals surface area contributed by atoms with Gasteiger partial charge in [-0.05, 0) is 49.1 Å². The number of nitrogens with zero attached hydrogens (tertiary/aromatic N) is 2. The Balaban J connectivity index is 2.03. The van der Waals surface area contributed by atoms with E-state index in [9.17, 15) is 4.79 Å². The summed E-state index contributed by atoms with van der Waals surface area (Å²) in [6, 6.07) is 10.7. The fraction of sp³-hybridized carbons (Fsp3) is 0.238. The predicted octanol–water partition coefficient (Wildman–Crippen LogP) is 4.71. The van der Waals surface area contributed by atoms with Crippen molar-refractivity contribution in [3.05, 3.63) is 67.9 Å². The van der Waals surface area contributed by atoms with Gasteiger partial charge in [0.15, 0.2) is 0 Å². The van der Waals surface area contributed by atoms with Gasteiger partial charge in [0.2, 0.25) is 0 Å². The van der Waals surface area contributed by atoms with E-state index >= 15 is 0 Å². The highest BCUT2D eigenvalue weighted by molar-refractivity contribution is 6.37. The molecule has 1 aromatic heterocycles. The molecule has 2 aromatic carbocycles. The average Bonchev–Trinajstić information content (AvgIpc) is 3.19. The standard InChI is InChI=1S/C21H18Cl2N2O3/c1-27-13-9-12(10-14(11-13)28-2)19-15-5-3-6-16(15)21(26)25(24-19)20-17(22)7-4-8-18(20)23/h4,7-11H,3,5-6H2,1-2H3. The summed E-state index contributed by atoms with van der Waals surface area (Å²) in [5.74, 6) is 1.30. The number of hydrogen-bond donors (Lipinski definition) is 0. The molecule has 1 aliphatic carbocycles. The number of ether oxygens (including phenoxy) is 2. The Labute approximate surface area is 172 Å². The van der Waals surface area contributed by atoms with E-state index < -0.39 is 0 Å². The number of aromatic nitrogens is 2. The van der Waals surface area contributed by atoms with E-state index in [0.29, 0.717) is 39.3 Å². The smallest absolute Gasteiger partial charge is 0.275 e. The zero-order valence-corrected chi connectivity index (χ0v) is 17.0. The summed E-state index contributed by atoms with van der Waals surface area (Å²) >= 11 is 12.7. The molecule has 28 heavy (non-hydrogen) atoms. The normalized spacial score (nSPS) is 12.7. The molecule has 0 aliphatic heterocycles. The lowest BCUT2D eigenvalue weighted by Gasteiger charge is -2.15. The van der Waals surface area contributed by atoms with Crippen molar-refractivity contribution in [2.45, 2.75) is 19.3 Å². The second-order valence-corrected chi connectivity index (χ2v) is 7.36. The van der Waals surface area contributed by atoms with E-state index in [1.165, 1.54) is 4.68 Å². The summed E-state index contributed by atoms with van der Waals surface area (Å²) in [4.78, 5) is 13.1. The number of benzene rings is 2. The summed E-state index contributed by atoms with van der Waals surface area (Å²) in [5, 5.41) is 5.42. The maximum Gasteiger partial charge on any atom is 0.275 e. The first-order chi connectivity index (χ1) is 13.5. The van der Waals surface area contributed by atoms with Crippen LogP contribution in [0, 0.1) is 0 Å². The Hall–Kier alpha value is -2.50. The number of hydrogen-bond acceptors (Lipinski definition) is 4. The van der Waals surface area contributed by atoms with Gasteiger partial charge in [0.05, 0.1) is 30.0 Å². The molecule has 3 aromatic rings. The molecule has 0 unspecified atom stereocenters. The van der Waals surface area contributed by atoms with Gasteiger partial charge in [-0.3, -0.25) is 4.79 Å². The molecule has 7 heteroatoms. The molecule has 0 saturated carbocycles. The van der Waals surface area contributed by atoms with Crippen LogP contribution in [0.15, 0.2) is 41.2 Å². The summed E-state index contributed by atoms with van der Waals surface area (Å²) in [6.45, 7) is 0. The van der Waals surface area contributed by atoms with Crippen molar-refractivity contribution in [1.29, 1.82) is 0 Å². The highest BCUT2D eigenvalue weighted by Gasteiger charge is 2.25. The molecule has 0 saturated heterocycles. The van der Waals surface area contributed by atoms with Crippen LogP contribution in [0.1, 0.15) is 17.5 Å². The summed E-state index contributed by atoms with van der Waals surface area (Å²) < 4.78 is 12.1. The molecule has 4 rings (SSSR count). The first-order valence-electron chi connectivity index (χ1n) is 8.86. The van der Waals surface area contributed by atoms with Gasteiger partial charge in [-0.15, -0.1) is 0 Å². The molecule has 0 fully saturated rings. The van der Waals surface area contributed by atoms with Gasteiger partial charge in [0, 0.05) is 17.2 Å². The number of halogens is 2. The second kappa shape index (κ2) is 7.49. The Kier molecular flexibility index (Phi) is 5.04. The fourth-order valence-electron chi connectivity index (χ4n) is 3.59. The van der Waals surface area contributed by atoms with Gasteiger partial charge >= 0.3 is 0 Å². The van der Waals surface area contributed by atoms with Crippen LogP contribution in [0.25, 0.3) is 16.9 Å². The van der Waals surface area contributed by atoms with Crippen LogP contribution in [0.4, 0.5) is 0 Å². The molecule has 0 N–H and O–H groups in total. The Morgan fingerprint density at radius 3 is 2.18 bits per heavy atom. The first-order valence-corrected chi connectivity index (χ1v) is 9.62. The molecule has 144 valence electrons. The average molecular weight is 417 g/mol. The monoisotopic (exact) mass is 416 g/mol. The first kappa shape index (κ1) is 18.8. The van der Waals surface area contributed by atoms with Crippen LogP contribution in [0.3, 0.4) is 0 Å². The third-order valence-electron chi connectivity index (χ3n) is 4.93. The zero-order chi connectivity index (χ0) is 19.8. The van der Waals surface area contributed by atoms with Crippen molar-refractivity contribution in [3.8, 4) is 28.4 Å². The predicted molar refractivity (Wildman–Crippen MR) is 110 cm³/mol. The van der Waals surface area contributed by atoms with Crippen LogP contribution in [-0.4, -0.2) is 24.0 Å². The van der Waals surface area contributed by atoms with E-state index in [0.717, 1.165) is 29.5 Å². The van der Waals surface area contributed by atoms with Gasteiger partial charge in [0.1, 0.15) is 17.2 Å². The molecular formula is C21H18Cl2N2O3. The van der Waals surface area contributed by atoms with Crippen molar-refractivity contribution >= 4 is 23.2 Å². The van der Waals surface area contributed by atoms with Gasteiger partial charge in [-0.1, -0.05) is 29.3 Å². The Bertz CT molecular complexity index is 1080.